The lowest BCUT2D eigenvalue weighted by molar-refractivity contribution is -0.132. The zero-order chi connectivity index (χ0) is 29.3. The number of nitrogens with zero attached hydrogens (tertiary/aromatic N) is 2. The number of carbonyl (C=O) groups is 2. The standard InChI is InChI=1S/C30H28N2O8S/c1-6-40-19-11-12-20-23(15-19)41-30(31-20)32-25(17-13-21(37-3)28(39-5)22(14-17)38-4)24(27(34)29(32)35)26(33)16-7-9-18(36-2)10-8-16/h7-15,25,33H,6H2,1-5H3/t25-/m0/s1. The molecule has 1 amide bonds. The Bertz CT molecular complexity index is 1640. The molecule has 3 aromatic carbocycles. The smallest absolute Gasteiger partial charge is 0.301 e. The molecule has 0 spiro atoms. The number of benzene rings is 3. The molecular formula is C30H28N2O8S. The minimum absolute atomic E-state index is 0.108. The molecule has 1 aromatic heterocycles. The van der Waals surface area contributed by atoms with Crippen molar-refractivity contribution in [3.8, 4) is 28.7 Å². The average Bonchev–Trinajstić information content (AvgIpc) is 3.53. The minimum Gasteiger partial charge on any atom is -0.507 e. The van der Waals surface area contributed by atoms with Crippen LogP contribution in [0.5, 0.6) is 28.7 Å². The Morgan fingerprint density at radius 1 is 0.902 bits per heavy atom. The minimum atomic E-state index is -1.06. The molecule has 41 heavy (non-hydrogen) atoms. The average molecular weight is 577 g/mol. The first-order valence-electron chi connectivity index (χ1n) is 12.6. The molecule has 0 radical (unpaired) electrons. The third-order valence-electron chi connectivity index (χ3n) is 6.68. The van der Waals surface area contributed by atoms with Crippen LogP contribution in [0, 0.1) is 0 Å². The Hall–Kier alpha value is -4.77. The van der Waals surface area contributed by atoms with Crippen LogP contribution in [0.3, 0.4) is 0 Å². The maximum Gasteiger partial charge on any atom is 0.301 e. The second-order valence-electron chi connectivity index (χ2n) is 8.92. The van der Waals surface area contributed by atoms with Gasteiger partial charge in [-0.1, -0.05) is 11.3 Å². The van der Waals surface area contributed by atoms with E-state index < -0.39 is 17.7 Å². The lowest BCUT2D eigenvalue weighted by Gasteiger charge is -2.24. The molecule has 5 rings (SSSR count). The van der Waals surface area contributed by atoms with Gasteiger partial charge in [-0.25, -0.2) is 4.98 Å². The fraction of sp³-hybridized carbons (Fsp3) is 0.233. The number of hydrogen-bond acceptors (Lipinski definition) is 10. The van der Waals surface area contributed by atoms with Crippen molar-refractivity contribution in [2.45, 2.75) is 13.0 Å². The zero-order valence-corrected chi connectivity index (χ0v) is 23.9. The Morgan fingerprint density at radius 3 is 2.15 bits per heavy atom. The second-order valence-corrected chi connectivity index (χ2v) is 9.92. The molecule has 0 bridgehead atoms. The number of hydrogen-bond donors (Lipinski definition) is 1. The fourth-order valence-corrected chi connectivity index (χ4v) is 5.78. The number of anilines is 1. The van der Waals surface area contributed by atoms with Crippen molar-refractivity contribution in [2.24, 2.45) is 0 Å². The van der Waals surface area contributed by atoms with Gasteiger partial charge in [-0.15, -0.1) is 0 Å². The summed E-state index contributed by atoms with van der Waals surface area (Å²) in [4.78, 5) is 33.3. The summed E-state index contributed by atoms with van der Waals surface area (Å²) >= 11 is 1.23. The highest BCUT2D eigenvalue weighted by molar-refractivity contribution is 7.22. The van der Waals surface area contributed by atoms with Crippen molar-refractivity contribution in [3.05, 3.63) is 71.3 Å². The molecule has 11 heteroatoms. The summed E-state index contributed by atoms with van der Waals surface area (Å²) in [5, 5.41) is 11.8. The van der Waals surface area contributed by atoms with Crippen molar-refractivity contribution in [3.63, 3.8) is 0 Å². The molecule has 1 aliphatic heterocycles. The third kappa shape index (κ3) is 4.89. The number of ketones is 1. The van der Waals surface area contributed by atoms with E-state index >= 15 is 0 Å². The van der Waals surface area contributed by atoms with E-state index in [0.29, 0.717) is 52.0 Å². The van der Waals surface area contributed by atoms with Gasteiger partial charge in [0, 0.05) is 5.56 Å². The summed E-state index contributed by atoms with van der Waals surface area (Å²) in [7, 11) is 5.95. The van der Waals surface area contributed by atoms with E-state index in [4.69, 9.17) is 23.7 Å². The molecule has 1 atom stereocenters. The highest BCUT2D eigenvalue weighted by atomic mass is 32.1. The number of rotatable bonds is 9. The summed E-state index contributed by atoms with van der Waals surface area (Å²) < 4.78 is 28.2. The van der Waals surface area contributed by atoms with Crippen LogP contribution in [0.25, 0.3) is 16.0 Å². The van der Waals surface area contributed by atoms with Gasteiger partial charge >= 0.3 is 5.91 Å². The summed E-state index contributed by atoms with van der Waals surface area (Å²) in [5.74, 6) is 0.197. The van der Waals surface area contributed by atoms with Crippen molar-refractivity contribution < 1.29 is 38.4 Å². The largest absolute Gasteiger partial charge is 0.507 e. The normalized spacial score (nSPS) is 16.2. The number of thiazole rings is 1. The van der Waals surface area contributed by atoms with Gasteiger partial charge in [-0.05, 0) is 67.1 Å². The molecule has 0 saturated carbocycles. The molecule has 2 heterocycles. The van der Waals surface area contributed by atoms with E-state index in [9.17, 15) is 14.7 Å². The molecule has 1 saturated heterocycles. The third-order valence-corrected chi connectivity index (χ3v) is 7.69. The van der Waals surface area contributed by atoms with E-state index in [1.165, 1.54) is 44.7 Å². The van der Waals surface area contributed by atoms with Gasteiger partial charge in [0.25, 0.3) is 5.78 Å². The predicted molar refractivity (Wildman–Crippen MR) is 155 cm³/mol. The van der Waals surface area contributed by atoms with Crippen molar-refractivity contribution >= 4 is 44.1 Å². The molecule has 4 aromatic rings. The van der Waals surface area contributed by atoms with Crippen LogP contribution in [0.15, 0.2) is 60.2 Å². The quantitative estimate of drug-likeness (QED) is 0.160. The van der Waals surface area contributed by atoms with Crippen LogP contribution < -0.4 is 28.6 Å². The highest BCUT2D eigenvalue weighted by Gasteiger charge is 2.48. The van der Waals surface area contributed by atoms with E-state index in [-0.39, 0.29) is 16.5 Å². The van der Waals surface area contributed by atoms with Gasteiger partial charge < -0.3 is 28.8 Å². The molecule has 1 N–H and O–H groups in total. The number of Topliss-reactive ketones (excluding diaryl/α,β-unsaturated/α-hetero) is 1. The van der Waals surface area contributed by atoms with Crippen LogP contribution in [0.4, 0.5) is 5.13 Å². The van der Waals surface area contributed by atoms with Gasteiger partial charge in [0.15, 0.2) is 16.6 Å². The SMILES string of the molecule is CCOc1ccc2nc(N3C(=O)C(=O)C(=C(O)c4ccc(OC)cc4)[C@@H]3c3cc(OC)c(OC)c(OC)c3)sc2c1. The molecular weight excluding hydrogens is 548 g/mol. The highest BCUT2D eigenvalue weighted by Crippen LogP contribution is 2.48. The lowest BCUT2D eigenvalue weighted by atomic mass is 9.94. The second kappa shape index (κ2) is 11.4. The number of methoxy groups -OCH3 is 4. The Kier molecular flexibility index (Phi) is 7.71. The number of carbonyl (C=O) groups excluding carboxylic acids is 2. The van der Waals surface area contributed by atoms with Crippen molar-refractivity contribution in [1.29, 1.82) is 0 Å². The zero-order valence-electron chi connectivity index (χ0n) is 23.1. The summed E-state index contributed by atoms with van der Waals surface area (Å²) in [6.45, 7) is 2.39. The summed E-state index contributed by atoms with van der Waals surface area (Å²) in [6, 6.07) is 14.2. The van der Waals surface area contributed by atoms with Crippen LogP contribution in [-0.4, -0.2) is 56.8 Å². The van der Waals surface area contributed by atoms with Gasteiger partial charge in [0.05, 0.1) is 56.9 Å². The van der Waals surface area contributed by atoms with Gasteiger partial charge in [-0.3, -0.25) is 14.5 Å². The van der Waals surface area contributed by atoms with Gasteiger partial charge in [0.2, 0.25) is 5.75 Å². The van der Waals surface area contributed by atoms with Gasteiger partial charge in [0.1, 0.15) is 17.3 Å². The number of fused-ring (bicyclic) bond motifs is 1. The Labute approximate surface area is 240 Å². The van der Waals surface area contributed by atoms with Crippen LogP contribution in [-0.2, 0) is 9.59 Å². The van der Waals surface area contributed by atoms with E-state index in [2.05, 4.69) is 4.98 Å². The van der Waals surface area contributed by atoms with Crippen molar-refractivity contribution in [2.75, 3.05) is 39.9 Å². The van der Waals surface area contributed by atoms with E-state index in [1.807, 2.05) is 13.0 Å². The number of aromatic nitrogens is 1. The first kappa shape index (κ1) is 27.8. The van der Waals surface area contributed by atoms with Crippen LogP contribution in [0.2, 0.25) is 0 Å². The lowest BCUT2D eigenvalue weighted by Crippen LogP contribution is -2.29. The maximum atomic E-state index is 13.7. The number of aliphatic hydroxyl groups is 1. The van der Waals surface area contributed by atoms with E-state index in [1.54, 1.807) is 48.5 Å². The van der Waals surface area contributed by atoms with E-state index in [0.717, 1.165) is 4.70 Å². The first-order valence-corrected chi connectivity index (χ1v) is 13.5. The molecule has 1 fully saturated rings. The fourth-order valence-electron chi connectivity index (χ4n) is 4.76. The molecule has 10 nitrogen and oxygen atoms in total. The Morgan fingerprint density at radius 2 is 1.56 bits per heavy atom. The molecule has 212 valence electrons. The van der Waals surface area contributed by atoms with Crippen molar-refractivity contribution in [1.82, 2.24) is 4.98 Å². The van der Waals surface area contributed by atoms with Gasteiger partial charge in [-0.2, -0.15) is 0 Å². The van der Waals surface area contributed by atoms with Crippen LogP contribution in [0.1, 0.15) is 24.1 Å². The monoisotopic (exact) mass is 576 g/mol. The Balaban J connectivity index is 1.75. The predicted octanol–water partition coefficient (Wildman–Crippen LogP) is 5.36. The number of aliphatic hydroxyl groups excluding tert-OH is 1. The molecule has 0 unspecified atom stereocenters. The first-order chi connectivity index (χ1) is 19.8. The summed E-state index contributed by atoms with van der Waals surface area (Å²) in [6.07, 6.45) is 0. The summed E-state index contributed by atoms with van der Waals surface area (Å²) in [5.41, 5.74) is 1.31. The topological polar surface area (TPSA) is 117 Å². The molecule has 0 aliphatic carbocycles. The number of ether oxygens (including phenoxy) is 5. The maximum absolute atomic E-state index is 13.7. The molecule has 1 aliphatic rings. The number of amides is 1. The van der Waals surface area contributed by atoms with Crippen LogP contribution >= 0.6 is 11.3 Å².